The SMILES string of the molecule is CNC(=O)CCn1nc(C(F)(F)F)cc1C1CC1. The predicted octanol–water partition coefficient (Wildman–Crippen LogP) is 1.92. The monoisotopic (exact) mass is 261 g/mol. The molecule has 18 heavy (non-hydrogen) atoms. The van der Waals surface area contributed by atoms with Gasteiger partial charge < -0.3 is 5.32 Å². The van der Waals surface area contributed by atoms with E-state index >= 15 is 0 Å². The van der Waals surface area contributed by atoms with Gasteiger partial charge in [-0.25, -0.2) is 0 Å². The molecule has 1 aromatic rings. The first-order chi connectivity index (χ1) is 8.41. The maximum Gasteiger partial charge on any atom is 0.435 e. The fourth-order valence-electron chi connectivity index (χ4n) is 1.79. The quantitative estimate of drug-likeness (QED) is 0.900. The van der Waals surface area contributed by atoms with Gasteiger partial charge in [0.1, 0.15) is 0 Å². The molecule has 1 heterocycles. The van der Waals surface area contributed by atoms with E-state index in [1.165, 1.54) is 11.7 Å². The minimum Gasteiger partial charge on any atom is -0.359 e. The Morgan fingerprint density at radius 2 is 2.22 bits per heavy atom. The summed E-state index contributed by atoms with van der Waals surface area (Å²) >= 11 is 0. The van der Waals surface area contributed by atoms with Crippen LogP contribution in [0, 0.1) is 0 Å². The molecule has 1 aliphatic carbocycles. The zero-order valence-electron chi connectivity index (χ0n) is 9.92. The first-order valence-corrected chi connectivity index (χ1v) is 5.77. The van der Waals surface area contributed by atoms with E-state index in [-0.39, 0.29) is 24.8 Å². The fourth-order valence-corrected chi connectivity index (χ4v) is 1.79. The molecule has 1 fully saturated rings. The average Bonchev–Trinajstić information content (AvgIpc) is 3.04. The van der Waals surface area contributed by atoms with Crippen LogP contribution in [-0.4, -0.2) is 22.7 Å². The van der Waals surface area contributed by atoms with Crippen LogP contribution in [0.15, 0.2) is 6.07 Å². The second-order valence-electron chi connectivity index (χ2n) is 4.37. The molecule has 0 saturated heterocycles. The highest BCUT2D eigenvalue weighted by atomic mass is 19.4. The van der Waals surface area contributed by atoms with Gasteiger partial charge in [0.15, 0.2) is 5.69 Å². The second kappa shape index (κ2) is 4.62. The number of alkyl halides is 3. The van der Waals surface area contributed by atoms with Crippen LogP contribution in [0.1, 0.15) is 36.6 Å². The molecule has 1 N–H and O–H groups in total. The number of aromatic nitrogens is 2. The van der Waals surface area contributed by atoms with Gasteiger partial charge in [-0.05, 0) is 18.9 Å². The third-order valence-corrected chi connectivity index (χ3v) is 2.93. The summed E-state index contributed by atoms with van der Waals surface area (Å²) in [6.45, 7) is 0.182. The molecule has 0 aromatic carbocycles. The summed E-state index contributed by atoms with van der Waals surface area (Å²) in [4.78, 5) is 11.1. The molecule has 0 radical (unpaired) electrons. The zero-order valence-corrected chi connectivity index (χ0v) is 9.92. The van der Waals surface area contributed by atoms with Gasteiger partial charge in [-0.3, -0.25) is 9.48 Å². The Labute approximate surface area is 102 Å². The molecule has 0 unspecified atom stereocenters. The minimum atomic E-state index is -4.43. The van der Waals surface area contributed by atoms with E-state index in [0.717, 1.165) is 18.9 Å². The number of nitrogens with one attached hydrogen (secondary N) is 1. The van der Waals surface area contributed by atoms with Crippen LogP contribution in [-0.2, 0) is 17.5 Å². The summed E-state index contributed by atoms with van der Waals surface area (Å²) in [7, 11) is 1.49. The molecule has 1 aromatic heterocycles. The highest BCUT2D eigenvalue weighted by Gasteiger charge is 2.37. The van der Waals surface area contributed by atoms with E-state index in [0.29, 0.717) is 5.69 Å². The Morgan fingerprint density at radius 1 is 1.56 bits per heavy atom. The van der Waals surface area contributed by atoms with Gasteiger partial charge >= 0.3 is 6.18 Å². The van der Waals surface area contributed by atoms with Crippen molar-refractivity contribution in [1.82, 2.24) is 15.1 Å². The average molecular weight is 261 g/mol. The minimum absolute atomic E-state index is 0.134. The maximum atomic E-state index is 12.6. The number of carbonyl (C=O) groups excluding carboxylic acids is 1. The molecule has 0 bridgehead atoms. The molecule has 2 rings (SSSR count). The lowest BCUT2D eigenvalue weighted by Crippen LogP contribution is -2.20. The summed E-state index contributed by atoms with van der Waals surface area (Å²) in [6.07, 6.45) is -2.51. The molecule has 0 spiro atoms. The van der Waals surface area contributed by atoms with Gasteiger partial charge in [-0.2, -0.15) is 18.3 Å². The highest BCUT2D eigenvalue weighted by molar-refractivity contribution is 5.75. The van der Waals surface area contributed by atoms with E-state index in [2.05, 4.69) is 10.4 Å². The van der Waals surface area contributed by atoms with Gasteiger partial charge in [0.2, 0.25) is 5.91 Å². The zero-order chi connectivity index (χ0) is 13.3. The lowest BCUT2D eigenvalue weighted by Gasteiger charge is -2.05. The molecule has 7 heteroatoms. The maximum absolute atomic E-state index is 12.6. The third-order valence-electron chi connectivity index (χ3n) is 2.93. The first-order valence-electron chi connectivity index (χ1n) is 5.77. The number of carbonyl (C=O) groups is 1. The molecular weight excluding hydrogens is 247 g/mol. The fraction of sp³-hybridized carbons (Fsp3) is 0.636. The van der Waals surface area contributed by atoms with E-state index < -0.39 is 11.9 Å². The standard InChI is InChI=1S/C11H14F3N3O/c1-15-10(18)4-5-17-8(7-2-3-7)6-9(16-17)11(12,13)14/h6-7H,2-5H2,1H3,(H,15,18). The van der Waals surface area contributed by atoms with E-state index in [4.69, 9.17) is 0 Å². The Balaban J connectivity index is 2.16. The van der Waals surface area contributed by atoms with E-state index in [9.17, 15) is 18.0 Å². The number of rotatable bonds is 4. The van der Waals surface area contributed by atoms with Crippen molar-refractivity contribution >= 4 is 5.91 Å². The van der Waals surface area contributed by atoms with Crippen molar-refractivity contribution in [3.05, 3.63) is 17.5 Å². The molecule has 1 saturated carbocycles. The number of amides is 1. The number of hydrogen-bond donors (Lipinski definition) is 1. The Kier molecular flexibility index (Phi) is 3.32. The van der Waals surface area contributed by atoms with Crippen LogP contribution in [0.3, 0.4) is 0 Å². The van der Waals surface area contributed by atoms with Crippen molar-refractivity contribution in [2.45, 2.75) is 37.9 Å². The van der Waals surface area contributed by atoms with Gasteiger partial charge in [-0.15, -0.1) is 0 Å². The predicted molar refractivity (Wildman–Crippen MR) is 57.9 cm³/mol. The molecule has 0 aliphatic heterocycles. The van der Waals surface area contributed by atoms with Crippen molar-refractivity contribution in [3.8, 4) is 0 Å². The largest absolute Gasteiger partial charge is 0.435 e. The smallest absolute Gasteiger partial charge is 0.359 e. The van der Waals surface area contributed by atoms with Gasteiger partial charge in [0, 0.05) is 31.6 Å². The summed E-state index contributed by atoms with van der Waals surface area (Å²) in [5.41, 5.74) is -0.285. The van der Waals surface area contributed by atoms with Crippen molar-refractivity contribution in [2.24, 2.45) is 0 Å². The summed E-state index contributed by atoms with van der Waals surface area (Å²) < 4.78 is 39.0. The number of hydrogen-bond acceptors (Lipinski definition) is 2. The van der Waals surface area contributed by atoms with Crippen LogP contribution in [0.5, 0.6) is 0 Å². The molecule has 0 atom stereocenters. The highest BCUT2D eigenvalue weighted by Crippen LogP contribution is 2.42. The second-order valence-corrected chi connectivity index (χ2v) is 4.37. The van der Waals surface area contributed by atoms with Crippen molar-refractivity contribution in [1.29, 1.82) is 0 Å². The van der Waals surface area contributed by atoms with Gasteiger partial charge in [0.05, 0.1) is 0 Å². The first kappa shape index (κ1) is 12.9. The molecule has 1 amide bonds. The summed E-state index contributed by atoms with van der Waals surface area (Å²) in [5, 5.41) is 5.99. The van der Waals surface area contributed by atoms with E-state index in [1.54, 1.807) is 0 Å². The third kappa shape index (κ3) is 2.83. The Hall–Kier alpha value is -1.53. The van der Waals surface area contributed by atoms with Crippen LogP contribution in [0.4, 0.5) is 13.2 Å². The number of aryl methyl sites for hydroxylation is 1. The number of halogens is 3. The topological polar surface area (TPSA) is 46.9 Å². The number of nitrogens with zero attached hydrogens (tertiary/aromatic N) is 2. The van der Waals surface area contributed by atoms with Crippen LogP contribution < -0.4 is 5.32 Å². The van der Waals surface area contributed by atoms with Gasteiger partial charge in [0.25, 0.3) is 0 Å². The van der Waals surface area contributed by atoms with E-state index in [1.807, 2.05) is 0 Å². The molecule has 4 nitrogen and oxygen atoms in total. The normalized spacial score (nSPS) is 15.8. The lowest BCUT2D eigenvalue weighted by atomic mass is 10.2. The van der Waals surface area contributed by atoms with Crippen molar-refractivity contribution in [3.63, 3.8) is 0 Å². The van der Waals surface area contributed by atoms with Crippen molar-refractivity contribution < 1.29 is 18.0 Å². The van der Waals surface area contributed by atoms with Crippen molar-refractivity contribution in [2.75, 3.05) is 7.05 Å². The van der Waals surface area contributed by atoms with Crippen LogP contribution in [0.2, 0.25) is 0 Å². The molecule has 100 valence electrons. The lowest BCUT2D eigenvalue weighted by molar-refractivity contribution is -0.141. The summed E-state index contributed by atoms with van der Waals surface area (Å²) in [6, 6.07) is 1.10. The Morgan fingerprint density at radius 3 is 2.72 bits per heavy atom. The molecular formula is C11H14F3N3O. The van der Waals surface area contributed by atoms with Crippen LogP contribution >= 0.6 is 0 Å². The Bertz CT molecular complexity index is 449. The van der Waals surface area contributed by atoms with Gasteiger partial charge in [-0.1, -0.05) is 0 Å². The summed E-state index contributed by atoms with van der Waals surface area (Å²) in [5.74, 6) is -0.0425. The van der Waals surface area contributed by atoms with Crippen LogP contribution in [0.25, 0.3) is 0 Å². The molecule has 1 aliphatic rings.